The quantitative estimate of drug-likeness (QED) is 0.718. The summed E-state index contributed by atoms with van der Waals surface area (Å²) in [5.41, 5.74) is 0.150. The molecule has 3 aliphatic rings. The van der Waals surface area contributed by atoms with Gasteiger partial charge in [0.15, 0.2) is 0 Å². The van der Waals surface area contributed by atoms with Gasteiger partial charge >= 0.3 is 5.97 Å². The largest absolute Gasteiger partial charge is 0.512 e. The average molecular weight is 350 g/mol. The normalized spacial score (nSPS) is 43.2. The van der Waals surface area contributed by atoms with Crippen LogP contribution in [0, 0.1) is 16.7 Å². The average Bonchev–Trinajstić information content (AvgIpc) is 2.87. The Bertz CT molecular complexity index is 607. The number of carbonyl (C=O) groups excluding carboxylic acids is 1. The van der Waals surface area contributed by atoms with Crippen molar-refractivity contribution < 1.29 is 19.4 Å². The molecule has 0 amide bonds. The smallest absolute Gasteiger partial charge is 0.308 e. The molecule has 4 heteroatoms. The molecule has 2 fully saturated rings. The molecule has 0 radical (unpaired) electrons. The number of hydrogen-bond acceptors (Lipinski definition) is 4. The Morgan fingerprint density at radius 1 is 1.20 bits per heavy atom. The first kappa shape index (κ1) is 18.8. The molecular weight excluding hydrogens is 316 g/mol. The zero-order valence-electron chi connectivity index (χ0n) is 16.7. The van der Waals surface area contributed by atoms with E-state index < -0.39 is 11.2 Å². The maximum Gasteiger partial charge on any atom is 0.308 e. The fourth-order valence-electron chi connectivity index (χ4n) is 6.25. The molecule has 0 aromatic heterocycles. The van der Waals surface area contributed by atoms with Crippen LogP contribution in [0.25, 0.3) is 0 Å². The fraction of sp³-hybridized carbons (Fsp3) is 0.857. The van der Waals surface area contributed by atoms with E-state index in [1.54, 1.807) is 0 Å². The lowest BCUT2D eigenvalue weighted by molar-refractivity contribution is -0.197. The molecule has 4 nitrogen and oxygen atoms in total. The van der Waals surface area contributed by atoms with E-state index in [1.807, 2.05) is 13.8 Å². The molecule has 0 aromatic carbocycles. The second-order valence-electron chi connectivity index (χ2n) is 9.72. The van der Waals surface area contributed by atoms with Crippen LogP contribution in [-0.2, 0) is 14.3 Å². The van der Waals surface area contributed by atoms with Gasteiger partial charge in [-0.1, -0.05) is 27.2 Å². The summed E-state index contributed by atoms with van der Waals surface area (Å²) in [5.74, 6) is 0.657. The van der Waals surface area contributed by atoms with Gasteiger partial charge in [-0.2, -0.15) is 0 Å². The first-order valence-corrected chi connectivity index (χ1v) is 9.66. The van der Waals surface area contributed by atoms with Crippen molar-refractivity contribution in [1.82, 2.24) is 0 Å². The molecule has 1 aliphatic heterocycles. The van der Waals surface area contributed by atoms with Gasteiger partial charge in [0.25, 0.3) is 0 Å². The summed E-state index contributed by atoms with van der Waals surface area (Å²) in [4.78, 5) is 11.9. The Labute approximate surface area is 152 Å². The lowest BCUT2D eigenvalue weighted by Gasteiger charge is -2.61. The monoisotopic (exact) mass is 350 g/mol. The molecule has 0 aromatic rings. The number of allylic oxidation sites excluding steroid dienone is 1. The van der Waals surface area contributed by atoms with Gasteiger partial charge in [-0.15, -0.1) is 0 Å². The molecule has 2 aliphatic carbocycles. The molecule has 3 rings (SSSR count). The SMILES string of the molecule is COC(=O)CC1(C)CCC2(O1)C(C)=C(O)CC1C(C)(C)CCCC12C. The van der Waals surface area contributed by atoms with Crippen LogP contribution < -0.4 is 0 Å². The van der Waals surface area contributed by atoms with E-state index in [0.29, 0.717) is 11.7 Å². The Balaban J connectivity index is 2.04. The van der Waals surface area contributed by atoms with Crippen LogP contribution in [0.5, 0.6) is 0 Å². The fourth-order valence-corrected chi connectivity index (χ4v) is 6.25. The molecular formula is C21H34O4. The maximum atomic E-state index is 11.9. The molecule has 0 bridgehead atoms. The van der Waals surface area contributed by atoms with Gasteiger partial charge in [0.05, 0.1) is 30.5 Å². The van der Waals surface area contributed by atoms with Gasteiger partial charge in [0.2, 0.25) is 0 Å². The molecule has 1 saturated heterocycles. The number of carbonyl (C=O) groups is 1. The number of aliphatic hydroxyl groups excluding tert-OH is 1. The van der Waals surface area contributed by atoms with E-state index >= 15 is 0 Å². The Morgan fingerprint density at radius 3 is 2.52 bits per heavy atom. The zero-order valence-corrected chi connectivity index (χ0v) is 16.7. The molecule has 4 unspecified atom stereocenters. The maximum absolute atomic E-state index is 11.9. The number of esters is 1. The highest BCUT2D eigenvalue weighted by Gasteiger charge is 2.66. The topological polar surface area (TPSA) is 55.8 Å². The number of hydrogen-bond donors (Lipinski definition) is 1. The van der Waals surface area contributed by atoms with Crippen LogP contribution in [0.15, 0.2) is 11.3 Å². The van der Waals surface area contributed by atoms with Gasteiger partial charge in [0, 0.05) is 11.8 Å². The number of methoxy groups -OCH3 is 1. The van der Waals surface area contributed by atoms with Crippen LogP contribution in [-0.4, -0.2) is 29.4 Å². The van der Waals surface area contributed by atoms with Crippen molar-refractivity contribution in [2.45, 2.75) is 90.8 Å². The van der Waals surface area contributed by atoms with Gasteiger partial charge in [-0.25, -0.2) is 0 Å². The summed E-state index contributed by atoms with van der Waals surface area (Å²) in [6.07, 6.45) is 6.18. The second kappa shape index (κ2) is 5.73. The zero-order chi connectivity index (χ0) is 18.7. The number of aliphatic hydroxyl groups is 1. The van der Waals surface area contributed by atoms with Crippen LogP contribution in [0.1, 0.15) is 79.6 Å². The van der Waals surface area contributed by atoms with E-state index in [-0.39, 0.29) is 23.2 Å². The van der Waals surface area contributed by atoms with Crippen molar-refractivity contribution in [2.24, 2.45) is 16.7 Å². The summed E-state index contributed by atoms with van der Waals surface area (Å²) in [6, 6.07) is 0. The molecule has 1 spiro atoms. The van der Waals surface area contributed by atoms with Crippen molar-refractivity contribution in [2.75, 3.05) is 7.11 Å². The minimum Gasteiger partial charge on any atom is -0.512 e. The minimum absolute atomic E-state index is 0.0149. The van der Waals surface area contributed by atoms with E-state index in [1.165, 1.54) is 20.0 Å². The lowest BCUT2D eigenvalue weighted by atomic mass is 9.46. The molecule has 4 atom stereocenters. The summed E-state index contributed by atoms with van der Waals surface area (Å²) < 4.78 is 11.7. The Morgan fingerprint density at radius 2 is 1.88 bits per heavy atom. The third-order valence-corrected chi connectivity index (χ3v) is 7.76. The van der Waals surface area contributed by atoms with Crippen molar-refractivity contribution in [3.8, 4) is 0 Å². The minimum atomic E-state index is -0.527. The standard InChI is InChI=1S/C21H34O4/c1-14-15(22)12-16-18(2,3)8-7-9-20(16,5)21(14)11-10-19(4,25-21)13-17(23)24-6/h16,22H,7-13H2,1-6H3. The van der Waals surface area contributed by atoms with E-state index in [0.717, 1.165) is 31.3 Å². The third kappa shape index (κ3) is 2.63. The van der Waals surface area contributed by atoms with Crippen molar-refractivity contribution >= 4 is 5.97 Å². The lowest BCUT2D eigenvalue weighted by Crippen LogP contribution is -2.60. The van der Waals surface area contributed by atoms with Gasteiger partial charge < -0.3 is 14.6 Å². The van der Waals surface area contributed by atoms with E-state index in [2.05, 4.69) is 20.8 Å². The first-order valence-electron chi connectivity index (χ1n) is 9.66. The highest BCUT2D eigenvalue weighted by atomic mass is 16.5. The first-order chi connectivity index (χ1) is 11.5. The van der Waals surface area contributed by atoms with Gasteiger partial charge in [-0.05, 0) is 56.4 Å². The second-order valence-corrected chi connectivity index (χ2v) is 9.72. The van der Waals surface area contributed by atoms with Crippen molar-refractivity contribution in [1.29, 1.82) is 0 Å². The van der Waals surface area contributed by atoms with E-state index in [4.69, 9.17) is 9.47 Å². The Kier molecular flexibility index (Phi) is 4.30. The summed E-state index contributed by atoms with van der Waals surface area (Å²) in [6.45, 7) is 11.1. The number of fused-ring (bicyclic) bond motifs is 2. The summed E-state index contributed by atoms with van der Waals surface area (Å²) in [5, 5.41) is 10.8. The molecule has 1 heterocycles. The van der Waals surface area contributed by atoms with Crippen molar-refractivity contribution in [3.05, 3.63) is 11.3 Å². The predicted octanol–water partition coefficient (Wildman–Crippen LogP) is 4.93. The van der Waals surface area contributed by atoms with Crippen LogP contribution >= 0.6 is 0 Å². The van der Waals surface area contributed by atoms with Gasteiger partial charge in [-0.3, -0.25) is 4.79 Å². The van der Waals surface area contributed by atoms with Crippen LogP contribution in [0.2, 0.25) is 0 Å². The molecule has 142 valence electrons. The number of ether oxygens (including phenoxy) is 2. The highest BCUT2D eigenvalue weighted by Crippen LogP contribution is 2.67. The molecule has 25 heavy (non-hydrogen) atoms. The summed E-state index contributed by atoms with van der Waals surface area (Å²) in [7, 11) is 1.43. The van der Waals surface area contributed by atoms with E-state index in [9.17, 15) is 9.90 Å². The van der Waals surface area contributed by atoms with Crippen LogP contribution in [0.3, 0.4) is 0 Å². The summed E-state index contributed by atoms with van der Waals surface area (Å²) >= 11 is 0. The molecule has 1 saturated carbocycles. The van der Waals surface area contributed by atoms with Crippen LogP contribution in [0.4, 0.5) is 0 Å². The third-order valence-electron chi connectivity index (χ3n) is 7.76. The molecule has 1 N–H and O–H groups in total. The number of rotatable bonds is 2. The van der Waals surface area contributed by atoms with Gasteiger partial charge in [0.1, 0.15) is 0 Å². The van der Waals surface area contributed by atoms with Crippen molar-refractivity contribution in [3.63, 3.8) is 0 Å². The highest BCUT2D eigenvalue weighted by molar-refractivity contribution is 5.70. The predicted molar refractivity (Wildman–Crippen MR) is 97.3 cm³/mol. The Hall–Kier alpha value is -1.03.